The molecule has 1 aliphatic heterocycles. The number of hydrogen-bond acceptors (Lipinski definition) is 5. The highest BCUT2D eigenvalue weighted by molar-refractivity contribution is 5.82. The Morgan fingerprint density at radius 3 is 2.62 bits per heavy atom. The van der Waals surface area contributed by atoms with Gasteiger partial charge < -0.3 is 14.6 Å². The van der Waals surface area contributed by atoms with Crippen molar-refractivity contribution in [1.82, 2.24) is 9.88 Å². The molecule has 1 amide bonds. The van der Waals surface area contributed by atoms with Gasteiger partial charge in [0.1, 0.15) is 23.1 Å². The lowest BCUT2D eigenvalue weighted by Gasteiger charge is -2.37. The molecule has 3 aromatic rings. The number of hydrogen-bond donors (Lipinski definition) is 1. The van der Waals surface area contributed by atoms with Gasteiger partial charge in [-0.1, -0.05) is 12.2 Å². The number of pyridine rings is 1. The molecule has 1 N–H and O–H groups in total. The Balaban J connectivity index is 1.42. The average Bonchev–Trinajstić information content (AvgIpc) is 2.87. The fraction of sp³-hybridized carbons (Fsp3) is 0.400. The molecule has 0 spiro atoms. The van der Waals surface area contributed by atoms with Crippen molar-refractivity contribution in [2.75, 3.05) is 13.2 Å². The molecule has 9 heteroatoms. The summed E-state index contributed by atoms with van der Waals surface area (Å²) in [6.45, 7) is 5.63. The molecule has 1 saturated heterocycles. The number of nitrogens with zero attached hydrogens (tertiary/aromatic N) is 2. The highest BCUT2D eigenvalue weighted by Crippen LogP contribution is 2.31. The third-order valence-corrected chi connectivity index (χ3v) is 6.55. The molecule has 208 valence electrons. The highest BCUT2D eigenvalue weighted by Gasteiger charge is 2.32. The SMILES string of the molecule is CC(C)(C)OC(=O)N(C/C=C/c1cc(F)ccc1F)C1CCC(CC(O)c2ccnc3ccc(F)cc23)OC1. The van der Waals surface area contributed by atoms with Crippen LogP contribution in [0.25, 0.3) is 17.0 Å². The van der Waals surface area contributed by atoms with Gasteiger partial charge in [-0.25, -0.2) is 18.0 Å². The summed E-state index contributed by atoms with van der Waals surface area (Å²) in [5.74, 6) is -1.53. The minimum Gasteiger partial charge on any atom is -0.444 e. The standard InChI is InChI=1S/C30H33F3N2O4/c1-30(2,3)39-29(37)35(14-4-5-19-15-20(31)6-10-26(19)33)22-8-9-23(38-18-22)17-28(36)24-12-13-34-27-11-7-21(32)16-25(24)27/h4-7,10-13,15-16,22-23,28,36H,8-9,14,17-18H2,1-3H3/b5-4+. The maximum absolute atomic E-state index is 14.0. The Bertz CT molecular complexity index is 1330. The first kappa shape index (κ1) is 28.6. The van der Waals surface area contributed by atoms with Crippen LogP contribution in [0.2, 0.25) is 0 Å². The molecule has 4 rings (SSSR count). The third-order valence-electron chi connectivity index (χ3n) is 6.55. The molecule has 0 saturated carbocycles. The first-order valence-corrected chi connectivity index (χ1v) is 12.9. The van der Waals surface area contributed by atoms with Crippen LogP contribution >= 0.6 is 0 Å². The van der Waals surface area contributed by atoms with E-state index >= 15 is 0 Å². The number of aromatic nitrogens is 1. The first-order valence-electron chi connectivity index (χ1n) is 12.9. The van der Waals surface area contributed by atoms with E-state index in [4.69, 9.17) is 9.47 Å². The van der Waals surface area contributed by atoms with Crippen LogP contribution in [0.1, 0.15) is 57.3 Å². The number of carbonyl (C=O) groups is 1. The van der Waals surface area contributed by atoms with Gasteiger partial charge in [-0.3, -0.25) is 9.88 Å². The van der Waals surface area contributed by atoms with Crippen LogP contribution in [-0.2, 0) is 9.47 Å². The van der Waals surface area contributed by atoms with E-state index in [2.05, 4.69) is 4.98 Å². The Morgan fingerprint density at radius 2 is 1.90 bits per heavy atom. The molecule has 2 aromatic carbocycles. The Kier molecular flexibility index (Phi) is 8.92. The zero-order valence-electron chi connectivity index (χ0n) is 22.2. The summed E-state index contributed by atoms with van der Waals surface area (Å²) >= 11 is 0. The summed E-state index contributed by atoms with van der Waals surface area (Å²) in [5, 5.41) is 11.5. The number of amides is 1. The third kappa shape index (κ3) is 7.58. The molecule has 3 unspecified atom stereocenters. The zero-order chi connectivity index (χ0) is 28.2. The number of fused-ring (bicyclic) bond motifs is 1. The van der Waals surface area contributed by atoms with Crippen LogP contribution in [0, 0.1) is 17.5 Å². The number of benzene rings is 2. The normalized spacial score (nSPS) is 18.8. The second-order valence-electron chi connectivity index (χ2n) is 10.7. The van der Waals surface area contributed by atoms with Crippen LogP contribution in [0.15, 0.2) is 54.7 Å². The van der Waals surface area contributed by atoms with E-state index in [9.17, 15) is 23.1 Å². The number of aliphatic hydroxyl groups is 1. The molecule has 1 fully saturated rings. The lowest BCUT2D eigenvalue weighted by molar-refractivity contribution is -0.0580. The number of ether oxygens (including phenoxy) is 2. The van der Waals surface area contributed by atoms with Crippen LogP contribution in [0.5, 0.6) is 0 Å². The van der Waals surface area contributed by atoms with Gasteiger partial charge in [0.05, 0.1) is 30.4 Å². The fourth-order valence-electron chi connectivity index (χ4n) is 4.66. The monoisotopic (exact) mass is 542 g/mol. The van der Waals surface area contributed by atoms with Gasteiger partial charge in [-0.15, -0.1) is 0 Å². The van der Waals surface area contributed by atoms with E-state index in [0.29, 0.717) is 35.7 Å². The molecule has 0 bridgehead atoms. The summed E-state index contributed by atoms with van der Waals surface area (Å²) < 4.78 is 53.0. The van der Waals surface area contributed by atoms with E-state index < -0.39 is 35.2 Å². The number of aliphatic hydroxyl groups excluding tert-OH is 1. The van der Waals surface area contributed by atoms with Gasteiger partial charge in [-0.05, 0) is 81.6 Å². The van der Waals surface area contributed by atoms with Gasteiger partial charge >= 0.3 is 6.09 Å². The summed E-state index contributed by atoms with van der Waals surface area (Å²) in [4.78, 5) is 18.8. The molecule has 0 aliphatic carbocycles. The quantitative estimate of drug-likeness (QED) is 0.366. The summed E-state index contributed by atoms with van der Waals surface area (Å²) in [6, 6.07) is 8.81. The Labute approximate surface area is 226 Å². The zero-order valence-corrected chi connectivity index (χ0v) is 22.2. The van der Waals surface area contributed by atoms with Crippen LogP contribution in [0.4, 0.5) is 18.0 Å². The average molecular weight is 543 g/mol. The van der Waals surface area contributed by atoms with Crippen LogP contribution in [0.3, 0.4) is 0 Å². The van der Waals surface area contributed by atoms with Crippen molar-refractivity contribution in [3.05, 3.63) is 83.3 Å². The molecule has 6 nitrogen and oxygen atoms in total. The molecule has 0 radical (unpaired) electrons. The predicted octanol–water partition coefficient (Wildman–Crippen LogP) is 6.57. The van der Waals surface area contributed by atoms with Gasteiger partial charge in [0, 0.05) is 30.1 Å². The van der Waals surface area contributed by atoms with E-state index in [0.717, 1.165) is 18.2 Å². The van der Waals surface area contributed by atoms with Crippen LogP contribution < -0.4 is 0 Å². The molecule has 39 heavy (non-hydrogen) atoms. The first-order chi connectivity index (χ1) is 18.5. The van der Waals surface area contributed by atoms with Gasteiger partial charge in [-0.2, -0.15) is 0 Å². The fourth-order valence-corrected chi connectivity index (χ4v) is 4.66. The summed E-state index contributed by atoms with van der Waals surface area (Å²) in [5.41, 5.74) is 0.534. The lowest BCUT2D eigenvalue weighted by Crippen LogP contribution is -2.48. The van der Waals surface area contributed by atoms with Gasteiger partial charge in [0.2, 0.25) is 0 Å². The van der Waals surface area contributed by atoms with E-state index in [-0.39, 0.29) is 30.9 Å². The van der Waals surface area contributed by atoms with E-state index in [1.54, 1.807) is 45.2 Å². The second kappa shape index (κ2) is 12.2. The largest absolute Gasteiger partial charge is 0.444 e. The molecule has 2 heterocycles. The van der Waals surface area contributed by atoms with E-state index in [1.807, 2.05) is 0 Å². The molecule has 1 aliphatic rings. The number of halogens is 3. The molecular weight excluding hydrogens is 509 g/mol. The molecular formula is C30H33F3N2O4. The lowest BCUT2D eigenvalue weighted by atomic mass is 9.95. The van der Waals surface area contributed by atoms with Crippen molar-refractivity contribution in [3.8, 4) is 0 Å². The smallest absolute Gasteiger partial charge is 0.410 e. The maximum atomic E-state index is 14.0. The van der Waals surface area contributed by atoms with Gasteiger partial charge in [0.25, 0.3) is 0 Å². The molecule has 1 aromatic heterocycles. The summed E-state index contributed by atoms with van der Waals surface area (Å²) in [6.07, 6.45) is 4.36. The van der Waals surface area contributed by atoms with Crippen molar-refractivity contribution in [2.45, 2.75) is 63.9 Å². The number of rotatable bonds is 7. The Morgan fingerprint density at radius 1 is 1.15 bits per heavy atom. The topological polar surface area (TPSA) is 71.9 Å². The van der Waals surface area contributed by atoms with Crippen molar-refractivity contribution in [3.63, 3.8) is 0 Å². The van der Waals surface area contributed by atoms with Gasteiger partial charge in [0.15, 0.2) is 0 Å². The van der Waals surface area contributed by atoms with Crippen molar-refractivity contribution in [1.29, 1.82) is 0 Å². The predicted molar refractivity (Wildman–Crippen MR) is 142 cm³/mol. The highest BCUT2D eigenvalue weighted by atomic mass is 19.1. The minimum atomic E-state index is -0.884. The van der Waals surface area contributed by atoms with Crippen molar-refractivity contribution >= 4 is 23.1 Å². The second-order valence-corrected chi connectivity index (χ2v) is 10.7. The Hall–Kier alpha value is -3.43. The molecule has 3 atom stereocenters. The minimum absolute atomic E-state index is 0.0802. The van der Waals surface area contributed by atoms with E-state index in [1.165, 1.54) is 23.1 Å². The number of carbonyl (C=O) groups excluding carboxylic acids is 1. The van der Waals surface area contributed by atoms with Crippen molar-refractivity contribution in [2.24, 2.45) is 0 Å². The van der Waals surface area contributed by atoms with Crippen molar-refractivity contribution < 1.29 is 32.5 Å². The van der Waals surface area contributed by atoms with Crippen LogP contribution in [-0.4, -0.2) is 52.0 Å². The maximum Gasteiger partial charge on any atom is 0.410 e. The summed E-state index contributed by atoms with van der Waals surface area (Å²) in [7, 11) is 0.